The topological polar surface area (TPSA) is 86.7 Å². The monoisotopic (exact) mass is 346 g/mol. The third-order valence-electron chi connectivity index (χ3n) is 4.07. The first-order chi connectivity index (χ1) is 11.5. The van der Waals surface area contributed by atoms with Gasteiger partial charge in [0.25, 0.3) is 10.2 Å². The molecule has 3 rings (SSSR count). The van der Waals surface area contributed by atoms with Crippen LogP contribution in [0.25, 0.3) is 0 Å². The van der Waals surface area contributed by atoms with Crippen LogP contribution in [0.2, 0.25) is 0 Å². The number of benzene rings is 2. The van der Waals surface area contributed by atoms with Crippen LogP contribution in [0.5, 0.6) is 0 Å². The maximum Gasteiger partial charge on any atom is 0.335 e. The molecule has 0 saturated carbocycles. The Hall–Kier alpha value is -2.22. The van der Waals surface area contributed by atoms with Gasteiger partial charge in [0.2, 0.25) is 0 Å². The van der Waals surface area contributed by atoms with Crippen LogP contribution in [0.1, 0.15) is 27.0 Å². The molecule has 0 fully saturated rings. The van der Waals surface area contributed by atoms with Crippen molar-refractivity contribution in [2.24, 2.45) is 0 Å². The molecule has 1 aliphatic heterocycles. The average molecular weight is 346 g/mol. The zero-order valence-electron chi connectivity index (χ0n) is 13.0. The highest BCUT2D eigenvalue weighted by Gasteiger charge is 2.26. The van der Waals surface area contributed by atoms with Gasteiger partial charge in [-0.05, 0) is 35.2 Å². The number of hydrogen-bond acceptors (Lipinski definition) is 3. The fraction of sp³-hybridized carbons (Fsp3) is 0.235. The lowest BCUT2D eigenvalue weighted by atomic mass is 10.0. The Morgan fingerprint density at radius 2 is 1.88 bits per heavy atom. The number of fused-ring (bicyclic) bond motifs is 1. The highest BCUT2D eigenvalue weighted by atomic mass is 32.2. The normalized spacial score (nSPS) is 15.0. The van der Waals surface area contributed by atoms with Crippen molar-refractivity contribution in [3.8, 4) is 0 Å². The molecule has 0 bridgehead atoms. The summed E-state index contributed by atoms with van der Waals surface area (Å²) in [6, 6.07) is 14.1. The molecule has 0 aromatic heterocycles. The predicted molar refractivity (Wildman–Crippen MR) is 89.7 cm³/mol. The number of nitrogens with zero attached hydrogens (tertiary/aromatic N) is 1. The largest absolute Gasteiger partial charge is 0.478 e. The lowest BCUT2D eigenvalue weighted by Gasteiger charge is -2.28. The molecule has 24 heavy (non-hydrogen) atoms. The van der Waals surface area contributed by atoms with Crippen molar-refractivity contribution in [1.82, 2.24) is 9.03 Å². The van der Waals surface area contributed by atoms with E-state index in [0.29, 0.717) is 25.1 Å². The second-order valence-electron chi connectivity index (χ2n) is 5.68. The summed E-state index contributed by atoms with van der Waals surface area (Å²) in [4.78, 5) is 11.0. The van der Waals surface area contributed by atoms with Gasteiger partial charge in [0, 0.05) is 19.6 Å². The van der Waals surface area contributed by atoms with Gasteiger partial charge in [0.15, 0.2) is 0 Å². The summed E-state index contributed by atoms with van der Waals surface area (Å²) < 4.78 is 28.9. The predicted octanol–water partition coefficient (Wildman–Crippen LogP) is 1.78. The van der Waals surface area contributed by atoms with Crippen molar-refractivity contribution in [1.29, 1.82) is 0 Å². The summed E-state index contributed by atoms with van der Waals surface area (Å²) in [5.74, 6) is -1.03. The number of carboxylic acid groups (broad SMARTS) is 1. The Bertz CT molecular complexity index is 864. The van der Waals surface area contributed by atoms with Crippen LogP contribution in [0.4, 0.5) is 0 Å². The van der Waals surface area contributed by atoms with Crippen LogP contribution < -0.4 is 4.72 Å². The number of nitrogens with one attached hydrogen (secondary N) is 1. The Balaban J connectivity index is 1.69. The lowest BCUT2D eigenvalue weighted by Crippen LogP contribution is -2.43. The Morgan fingerprint density at radius 1 is 1.12 bits per heavy atom. The van der Waals surface area contributed by atoms with Gasteiger partial charge in [0.1, 0.15) is 0 Å². The van der Waals surface area contributed by atoms with Crippen molar-refractivity contribution in [3.05, 3.63) is 70.8 Å². The minimum absolute atomic E-state index is 0.0571. The molecule has 0 atom stereocenters. The van der Waals surface area contributed by atoms with Gasteiger partial charge in [-0.25, -0.2) is 4.79 Å². The highest BCUT2D eigenvalue weighted by Crippen LogP contribution is 2.20. The second kappa shape index (κ2) is 6.72. The summed E-state index contributed by atoms with van der Waals surface area (Å²) in [6.45, 7) is 0.837. The van der Waals surface area contributed by atoms with Crippen LogP contribution in [0.3, 0.4) is 0 Å². The van der Waals surface area contributed by atoms with E-state index < -0.39 is 16.2 Å². The van der Waals surface area contributed by atoms with Gasteiger partial charge in [-0.1, -0.05) is 36.4 Å². The number of carboxylic acids is 1. The van der Waals surface area contributed by atoms with Crippen molar-refractivity contribution in [3.63, 3.8) is 0 Å². The zero-order chi connectivity index (χ0) is 17.2. The summed E-state index contributed by atoms with van der Waals surface area (Å²) >= 11 is 0. The van der Waals surface area contributed by atoms with Gasteiger partial charge in [-0.3, -0.25) is 0 Å². The molecule has 0 amide bonds. The van der Waals surface area contributed by atoms with Crippen LogP contribution >= 0.6 is 0 Å². The van der Waals surface area contributed by atoms with Crippen LogP contribution in [-0.2, 0) is 29.7 Å². The summed E-state index contributed by atoms with van der Waals surface area (Å²) in [5, 5.41) is 8.99. The molecular weight excluding hydrogens is 328 g/mol. The van der Waals surface area contributed by atoms with Crippen molar-refractivity contribution in [2.45, 2.75) is 19.5 Å². The van der Waals surface area contributed by atoms with E-state index in [1.165, 1.54) is 22.0 Å². The van der Waals surface area contributed by atoms with E-state index in [1.807, 2.05) is 24.3 Å². The molecule has 0 unspecified atom stereocenters. The standard InChI is InChI=1S/C17H18N2O4S/c20-17(21)15-7-3-4-13(10-15)11-18-24(22,23)19-9-8-14-5-1-2-6-16(14)12-19/h1-7,10,18H,8-9,11-12H2,(H,20,21). The first kappa shape index (κ1) is 16.6. The molecule has 2 N–H and O–H groups in total. The molecule has 0 radical (unpaired) electrons. The lowest BCUT2D eigenvalue weighted by molar-refractivity contribution is 0.0696. The Kier molecular flexibility index (Phi) is 4.66. The third kappa shape index (κ3) is 3.64. The number of aromatic carboxylic acids is 1. The van der Waals surface area contributed by atoms with Crippen molar-refractivity contribution < 1.29 is 18.3 Å². The van der Waals surface area contributed by atoms with Gasteiger partial charge >= 0.3 is 5.97 Å². The van der Waals surface area contributed by atoms with Gasteiger partial charge in [-0.2, -0.15) is 17.4 Å². The number of carbonyl (C=O) groups is 1. The van der Waals surface area contributed by atoms with Crippen LogP contribution in [-0.4, -0.2) is 30.3 Å². The maximum absolute atomic E-state index is 12.5. The first-order valence-corrected chi connectivity index (χ1v) is 9.03. The quantitative estimate of drug-likeness (QED) is 0.864. The molecule has 7 heteroatoms. The second-order valence-corrected chi connectivity index (χ2v) is 7.44. The zero-order valence-corrected chi connectivity index (χ0v) is 13.8. The average Bonchev–Trinajstić information content (AvgIpc) is 2.60. The molecule has 1 aliphatic rings. The van der Waals surface area contributed by atoms with Gasteiger partial charge in [-0.15, -0.1) is 0 Å². The van der Waals surface area contributed by atoms with E-state index in [2.05, 4.69) is 4.72 Å². The molecule has 1 heterocycles. The summed E-state index contributed by atoms with van der Waals surface area (Å²) in [7, 11) is -3.62. The van der Waals surface area contributed by atoms with E-state index in [0.717, 1.165) is 5.56 Å². The van der Waals surface area contributed by atoms with Gasteiger partial charge in [0.05, 0.1) is 5.56 Å². The molecule has 2 aromatic rings. The van der Waals surface area contributed by atoms with Crippen LogP contribution in [0.15, 0.2) is 48.5 Å². The molecule has 0 aliphatic carbocycles. The maximum atomic E-state index is 12.5. The summed E-state index contributed by atoms with van der Waals surface area (Å²) in [5.41, 5.74) is 2.94. The van der Waals surface area contributed by atoms with Crippen LogP contribution in [0, 0.1) is 0 Å². The summed E-state index contributed by atoms with van der Waals surface area (Å²) in [6.07, 6.45) is 0.686. The fourth-order valence-corrected chi connectivity index (χ4v) is 3.93. The van der Waals surface area contributed by atoms with E-state index in [9.17, 15) is 13.2 Å². The van der Waals surface area contributed by atoms with E-state index in [-0.39, 0.29) is 12.1 Å². The fourth-order valence-electron chi connectivity index (χ4n) is 2.76. The van der Waals surface area contributed by atoms with Crippen molar-refractivity contribution >= 4 is 16.2 Å². The third-order valence-corrected chi connectivity index (χ3v) is 5.57. The highest BCUT2D eigenvalue weighted by molar-refractivity contribution is 7.87. The van der Waals surface area contributed by atoms with E-state index in [1.54, 1.807) is 12.1 Å². The molecule has 126 valence electrons. The number of rotatable bonds is 5. The van der Waals surface area contributed by atoms with E-state index >= 15 is 0 Å². The van der Waals surface area contributed by atoms with Crippen molar-refractivity contribution in [2.75, 3.05) is 6.54 Å². The van der Waals surface area contributed by atoms with Gasteiger partial charge < -0.3 is 5.11 Å². The molecule has 0 saturated heterocycles. The minimum Gasteiger partial charge on any atom is -0.478 e. The SMILES string of the molecule is O=C(O)c1cccc(CNS(=O)(=O)N2CCc3ccccc3C2)c1. The molecule has 0 spiro atoms. The minimum atomic E-state index is -3.62. The molecular formula is C17H18N2O4S. The Labute approximate surface area is 140 Å². The molecule has 2 aromatic carbocycles. The Morgan fingerprint density at radius 3 is 2.62 bits per heavy atom. The first-order valence-electron chi connectivity index (χ1n) is 7.59. The van der Waals surface area contributed by atoms with E-state index in [4.69, 9.17) is 5.11 Å². The number of hydrogen-bond donors (Lipinski definition) is 2. The smallest absolute Gasteiger partial charge is 0.335 e. The molecule has 6 nitrogen and oxygen atoms in total.